The molecule has 0 amide bonds. The molecule has 0 N–H and O–H groups in total. The topological polar surface area (TPSA) is 86.5 Å². The van der Waals surface area contributed by atoms with Crippen molar-refractivity contribution in [2.75, 3.05) is 7.11 Å². The standard InChI is InChI=1S/C9H6FNO5/c1-16-9(13)6-3-8(11(14)15)5(4-12)2-7(6)10/h2-4H,1H3. The molecule has 0 spiro atoms. The first-order valence-electron chi connectivity index (χ1n) is 4.02. The number of hydrogen-bond donors (Lipinski definition) is 0. The minimum Gasteiger partial charge on any atom is -0.465 e. The van der Waals surface area contributed by atoms with Gasteiger partial charge in [-0.05, 0) is 6.07 Å². The summed E-state index contributed by atoms with van der Waals surface area (Å²) in [7, 11) is 1.02. The summed E-state index contributed by atoms with van der Waals surface area (Å²) in [4.78, 5) is 31.1. The zero-order chi connectivity index (χ0) is 12.3. The van der Waals surface area contributed by atoms with Gasteiger partial charge in [0.25, 0.3) is 5.69 Å². The molecule has 0 radical (unpaired) electrons. The van der Waals surface area contributed by atoms with Crippen LogP contribution in [0.1, 0.15) is 20.7 Å². The van der Waals surface area contributed by atoms with Gasteiger partial charge in [-0.3, -0.25) is 14.9 Å². The Morgan fingerprint density at radius 3 is 2.62 bits per heavy atom. The average molecular weight is 227 g/mol. The van der Waals surface area contributed by atoms with Crippen molar-refractivity contribution in [3.63, 3.8) is 0 Å². The van der Waals surface area contributed by atoms with Crippen LogP contribution < -0.4 is 0 Å². The van der Waals surface area contributed by atoms with Crippen LogP contribution in [0.2, 0.25) is 0 Å². The number of carbonyl (C=O) groups excluding carboxylic acids is 2. The molecular weight excluding hydrogens is 221 g/mol. The highest BCUT2D eigenvalue weighted by Gasteiger charge is 2.22. The van der Waals surface area contributed by atoms with Gasteiger partial charge in [0, 0.05) is 6.07 Å². The summed E-state index contributed by atoms with van der Waals surface area (Å²) < 4.78 is 17.5. The van der Waals surface area contributed by atoms with Crippen LogP contribution in [0.15, 0.2) is 12.1 Å². The van der Waals surface area contributed by atoms with Crippen molar-refractivity contribution in [1.29, 1.82) is 0 Å². The van der Waals surface area contributed by atoms with Gasteiger partial charge >= 0.3 is 5.97 Å². The molecule has 0 aliphatic carbocycles. The number of ether oxygens (including phenoxy) is 1. The predicted molar refractivity (Wildman–Crippen MR) is 49.8 cm³/mol. The molecule has 1 aromatic carbocycles. The molecule has 1 aromatic rings. The molecule has 0 aromatic heterocycles. The molecule has 0 heterocycles. The number of methoxy groups -OCH3 is 1. The van der Waals surface area contributed by atoms with E-state index in [1.165, 1.54) is 0 Å². The Bertz CT molecular complexity index is 471. The van der Waals surface area contributed by atoms with E-state index in [4.69, 9.17) is 0 Å². The van der Waals surface area contributed by atoms with E-state index in [9.17, 15) is 24.1 Å². The largest absolute Gasteiger partial charge is 0.465 e. The van der Waals surface area contributed by atoms with E-state index in [2.05, 4.69) is 4.74 Å². The van der Waals surface area contributed by atoms with Gasteiger partial charge in [-0.1, -0.05) is 0 Å². The zero-order valence-corrected chi connectivity index (χ0v) is 8.10. The summed E-state index contributed by atoms with van der Waals surface area (Å²) in [5.74, 6) is -2.09. The smallest absolute Gasteiger partial charge is 0.341 e. The molecule has 0 bridgehead atoms. The lowest BCUT2D eigenvalue weighted by Gasteiger charge is -2.02. The fourth-order valence-corrected chi connectivity index (χ4v) is 1.10. The van der Waals surface area contributed by atoms with E-state index in [0.29, 0.717) is 12.1 Å². The number of carbonyl (C=O) groups is 2. The number of nitro benzene ring substituents is 1. The number of hydrogen-bond acceptors (Lipinski definition) is 5. The van der Waals surface area contributed by atoms with Crippen molar-refractivity contribution in [3.8, 4) is 0 Å². The lowest BCUT2D eigenvalue weighted by Crippen LogP contribution is -2.07. The molecule has 6 nitrogen and oxygen atoms in total. The second-order valence-corrected chi connectivity index (χ2v) is 2.76. The average Bonchev–Trinajstić information content (AvgIpc) is 2.27. The monoisotopic (exact) mass is 227 g/mol. The maximum atomic E-state index is 13.2. The van der Waals surface area contributed by atoms with E-state index >= 15 is 0 Å². The fraction of sp³-hybridized carbons (Fsp3) is 0.111. The minimum atomic E-state index is -1.04. The van der Waals surface area contributed by atoms with E-state index < -0.39 is 33.5 Å². The number of aldehydes is 1. The molecule has 0 atom stereocenters. The van der Waals surface area contributed by atoms with Crippen LogP contribution in [-0.4, -0.2) is 24.3 Å². The normalized spacial score (nSPS) is 9.62. The lowest BCUT2D eigenvalue weighted by molar-refractivity contribution is -0.385. The van der Waals surface area contributed by atoms with Crippen molar-refractivity contribution in [2.45, 2.75) is 0 Å². The Morgan fingerprint density at radius 1 is 1.56 bits per heavy atom. The van der Waals surface area contributed by atoms with Crippen LogP contribution in [0.3, 0.4) is 0 Å². The highest BCUT2D eigenvalue weighted by molar-refractivity contribution is 5.93. The van der Waals surface area contributed by atoms with E-state index in [-0.39, 0.29) is 6.29 Å². The molecule has 84 valence electrons. The molecule has 0 unspecified atom stereocenters. The number of nitro groups is 1. The zero-order valence-electron chi connectivity index (χ0n) is 8.10. The van der Waals surface area contributed by atoms with Crippen molar-refractivity contribution in [3.05, 3.63) is 39.2 Å². The summed E-state index contributed by atoms with van der Waals surface area (Å²) in [6, 6.07) is 1.29. The van der Waals surface area contributed by atoms with E-state index in [1.54, 1.807) is 0 Å². The Morgan fingerprint density at radius 2 is 2.19 bits per heavy atom. The molecule has 0 fully saturated rings. The third-order valence-corrected chi connectivity index (χ3v) is 1.85. The summed E-state index contributed by atoms with van der Waals surface area (Å²) in [6.07, 6.45) is 0.141. The summed E-state index contributed by atoms with van der Waals surface area (Å²) in [6.45, 7) is 0. The van der Waals surface area contributed by atoms with Gasteiger partial charge in [-0.25, -0.2) is 9.18 Å². The second-order valence-electron chi connectivity index (χ2n) is 2.76. The molecule has 1 rings (SSSR count). The van der Waals surface area contributed by atoms with Crippen molar-refractivity contribution in [1.82, 2.24) is 0 Å². The molecule has 0 aliphatic heterocycles. The second kappa shape index (κ2) is 4.47. The Balaban J connectivity index is 3.44. The highest BCUT2D eigenvalue weighted by Crippen LogP contribution is 2.22. The number of nitrogens with zero attached hydrogens (tertiary/aromatic N) is 1. The van der Waals surface area contributed by atoms with Gasteiger partial charge in [0.05, 0.1) is 17.6 Å². The number of benzene rings is 1. The first kappa shape index (κ1) is 11.8. The maximum Gasteiger partial charge on any atom is 0.341 e. The molecule has 0 aliphatic rings. The lowest BCUT2D eigenvalue weighted by atomic mass is 10.1. The van der Waals surface area contributed by atoms with Gasteiger partial charge in [-0.15, -0.1) is 0 Å². The first-order chi connectivity index (χ1) is 7.51. The first-order valence-corrected chi connectivity index (χ1v) is 4.02. The maximum absolute atomic E-state index is 13.2. The quantitative estimate of drug-likeness (QED) is 0.336. The Hall–Kier alpha value is -2.31. The highest BCUT2D eigenvalue weighted by atomic mass is 19.1. The predicted octanol–water partition coefficient (Wildman–Crippen LogP) is 1.33. The van der Waals surface area contributed by atoms with Crippen molar-refractivity contribution < 1.29 is 23.6 Å². The third-order valence-electron chi connectivity index (χ3n) is 1.85. The fourth-order valence-electron chi connectivity index (χ4n) is 1.10. The molecule has 7 heteroatoms. The van der Waals surface area contributed by atoms with Gasteiger partial charge in [0.1, 0.15) is 11.4 Å². The van der Waals surface area contributed by atoms with Crippen molar-refractivity contribution in [2.24, 2.45) is 0 Å². The Kier molecular flexibility index (Phi) is 3.29. The summed E-state index contributed by atoms with van der Waals surface area (Å²) >= 11 is 0. The van der Waals surface area contributed by atoms with Crippen LogP contribution in [-0.2, 0) is 4.74 Å². The molecule has 16 heavy (non-hydrogen) atoms. The molecular formula is C9H6FNO5. The summed E-state index contributed by atoms with van der Waals surface area (Å²) in [5.41, 5.74) is -1.66. The van der Waals surface area contributed by atoms with E-state index in [0.717, 1.165) is 7.11 Å². The van der Waals surface area contributed by atoms with Crippen LogP contribution in [0.5, 0.6) is 0 Å². The van der Waals surface area contributed by atoms with Crippen LogP contribution in [0, 0.1) is 15.9 Å². The van der Waals surface area contributed by atoms with Crippen LogP contribution in [0.4, 0.5) is 10.1 Å². The number of halogens is 1. The van der Waals surface area contributed by atoms with Gasteiger partial charge in [0.2, 0.25) is 0 Å². The molecule has 0 saturated heterocycles. The van der Waals surface area contributed by atoms with Gasteiger partial charge < -0.3 is 4.74 Å². The molecule has 0 saturated carbocycles. The van der Waals surface area contributed by atoms with Crippen LogP contribution >= 0.6 is 0 Å². The van der Waals surface area contributed by atoms with Gasteiger partial charge in [0.15, 0.2) is 6.29 Å². The number of esters is 1. The third kappa shape index (κ3) is 2.02. The number of rotatable bonds is 3. The Labute approximate surface area is 88.8 Å². The van der Waals surface area contributed by atoms with Crippen LogP contribution in [0.25, 0.3) is 0 Å². The van der Waals surface area contributed by atoms with Gasteiger partial charge in [-0.2, -0.15) is 0 Å². The van der Waals surface area contributed by atoms with E-state index in [1.807, 2.05) is 0 Å². The SMILES string of the molecule is COC(=O)c1cc([N+](=O)[O-])c(C=O)cc1F. The van der Waals surface area contributed by atoms with Crippen molar-refractivity contribution >= 4 is 17.9 Å². The minimum absolute atomic E-state index is 0.141. The summed E-state index contributed by atoms with van der Waals surface area (Å²) in [5, 5.41) is 10.5.